The highest BCUT2D eigenvalue weighted by molar-refractivity contribution is 5.76. The molecule has 1 amide bonds. The molecule has 2 rings (SSSR count). The molecule has 106 valence electrons. The fourth-order valence-corrected chi connectivity index (χ4v) is 2.34. The summed E-state index contributed by atoms with van der Waals surface area (Å²) in [4.78, 5) is 13.2. The minimum atomic E-state index is 0.223. The van der Waals surface area contributed by atoms with E-state index in [0.29, 0.717) is 19.0 Å². The highest BCUT2D eigenvalue weighted by Crippen LogP contribution is 2.18. The number of carbonyl (C=O) groups excluding carboxylic acids is 1. The lowest BCUT2D eigenvalue weighted by Crippen LogP contribution is -2.46. The van der Waals surface area contributed by atoms with Crippen molar-refractivity contribution in [1.29, 1.82) is 0 Å². The summed E-state index contributed by atoms with van der Waals surface area (Å²) in [7, 11) is 1.85. The average molecular weight is 272 g/mol. The van der Waals surface area contributed by atoms with Gasteiger partial charge in [-0.2, -0.15) is 0 Å². The van der Waals surface area contributed by atoms with E-state index in [1.165, 1.54) is 0 Å². The Kier molecular flexibility index (Phi) is 5.03. The van der Waals surface area contributed by atoms with Crippen LogP contribution in [0.25, 0.3) is 0 Å². The fraction of sp³-hybridized carbons (Fsp3) is 0.438. The van der Waals surface area contributed by atoms with E-state index in [4.69, 9.17) is 11.2 Å². The third-order valence-electron chi connectivity index (χ3n) is 3.49. The van der Waals surface area contributed by atoms with E-state index in [1.807, 2.05) is 31.3 Å². The first-order chi connectivity index (χ1) is 9.70. The molecule has 0 spiro atoms. The van der Waals surface area contributed by atoms with Gasteiger partial charge in [0.25, 0.3) is 0 Å². The Hall–Kier alpha value is -1.99. The number of nitrogens with one attached hydrogen (secondary N) is 1. The predicted octanol–water partition coefficient (Wildman–Crippen LogP) is 1.41. The number of piperidine rings is 1. The number of likely N-dealkylation sites (N-methyl/N-ethyl adjacent to an activating group) is 1. The third kappa shape index (κ3) is 3.75. The molecule has 20 heavy (non-hydrogen) atoms. The van der Waals surface area contributed by atoms with E-state index in [-0.39, 0.29) is 12.5 Å². The van der Waals surface area contributed by atoms with Crippen molar-refractivity contribution >= 4 is 5.91 Å². The molecule has 0 aliphatic carbocycles. The van der Waals surface area contributed by atoms with Gasteiger partial charge in [-0.15, -0.1) is 6.42 Å². The Morgan fingerprint density at radius 1 is 1.50 bits per heavy atom. The molecule has 1 N–H and O–H groups in total. The summed E-state index contributed by atoms with van der Waals surface area (Å²) in [5.41, 5.74) is 1.09. The van der Waals surface area contributed by atoms with Crippen LogP contribution in [0, 0.1) is 12.3 Å². The fourth-order valence-electron chi connectivity index (χ4n) is 2.34. The number of hydrogen-bond acceptors (Lipinski definition) is 3. The van der Waals surface area contributed by atoms with Crippen molar-refractivity contribution in [3.63, 3.8) is 0 Å². The van der Waals surface area contributed by atoms with Crippen LogP contribution in [0.1, 0.15) is 18.4 Å². The molecule has 1 aromatic carbocycles. The lowest BCUT2D eigenvalue weighted by atomic mass is 10.1. The second-order valence-corrected chi connectivity index (χ2v) is 4.99. The standard InChI is InChI=1S/C16H20N2O2/c1-3-10-20-15-7-5-4-6-13(15)11-17-14-8-9-16(19)18(2)12-14/h1,4-7,14,17H,8-12H2,2H3. The van der Waals surface area contributed by atoms with Gasteiger partial charge in [-0.05, 0) is 12.5 Å². The zero-order valence-corrected chi connectivity index (χ0v) is 11.8. The number of carbonyl (C=O) groups is 1. The maximum atomic E-state index is 11.4. The summed E-state index contributed by atoms with van der Waals surface area (Å²) in [5.74, 6) is 3.51. The van der Waals surface area contributed by atoms with Gasteiger partial charge in [-0.25, -0.2) is 0 Å². The topological polar surface area (TPSA) is 41.6 Å². The van der Waals surface area contributed by atoms with Crippen LogP contribution in [0.15, 0.2) is 24.3 Å². The predicted molar refractivity (Wildman–Crippen MR) is 78.3 cm³/mol. The van der Waals surface area contributed by atoms with Crippen LogP contribution in [0.4, 0.5) is 0 Å². The first-order valence-electron chi connectivity index (χ1n) is 6.82. The van der Waals surface area contributed by atoms with Crippen LogP contribution in [0.3, 0.4) is 0 Å². The van der Waals surface area contributed by atoms with Gasteiger partial charge < -0.3 is 15.0 Å². The van der Waals surface area contributed by atoms with Crippen molar-refractivity contribution in [3.8, 4) is 18.1 Å². The molecule has 0 radical (unpaired) electrons. The number of hydrogen-bond donors (Lipinski definition) is 1. The normalized spacial score (nSPS) is 18.7. The van der Waals surface area contributed by atoms with Crippen LogP contribution in [-0.2, 0) is 11.3 Å². The van der Waals surface area contributed by atoms with E-state index in [1.54, 1.807) is 4.90 Å². The van der Waals surface area contributed by atoms with E-state index >= 15 is 0 Å². The van der Waals surface area contributed by atoms with Crippen molar-refractivity contribution < 1.29 is 9.53 Å². The van der Waals surface area contributed by atoms with Crippen molar-refractivity contribution in [2.75, 3.05) is 20.2 Å². The summed E-state index contributed by atoms with van der Waals surface area (Å²) < 4.78 is 5.52. The molecule has 1 unspecified atom stereocenters. The van der Waals surface area contributed by atoms with Gasteiger partial charge in [0, 0.05) is 38.2 Å². The second-order valence-electron chi connectivity index (χ2n) is 4.99. The van der Waals surface area contributed by atoms with E-state index < -0.39 is 0 Å². The Labute approximate surface area is 120 Å². The summed E-state index contributed by atoms with van der Waals surface area (Å²) in [6.45, 7) is 1.75. The summed E-state index contributed by atoms with van der Waals surface area (Å²) >= 11 is 0. The highest BCUT2D eigenvalue weighted by atomic mass is 16.5. The second kappa shape index (κ2) is 6.97. The highest BCUT2D eigenvalue weighted by Gasteiger charge is 2.22. The SMILES string of the molecule is C#CCOc1ccccc1CNC1CCC(=O)N(C)C1. The van der Waals surface area contributed by atoms with E-state index in [9.17, 15) is 4.79 Å². The summed E-state index contributed by atoms with van der Waals surface area (Å²) in [5, 5.41) is 3.48. The average Bonchev–Trinajstić information content (AvgIpc) is 2.47. The Bertz CT molecular complexity index is 507. The van der Waals surface area contributed by atoms with Crippen LogP contribution >= 0.6 is 0 Å². The molecule has 4 heteroatoms. The molecule has 1 aliphatic rings. The number of para-hydroxylation sites is 1. The lowest BCUT2D eigenvalue weighted by Gasteiger charge is -2.30. The first-order valence-corrected chi connectivity index (χ1v) is 6.82. The molecular weight excluding hydrogens is 252 g/mol. The number of likely N-dealkylation sites (tertiary alicyclic amines) is 1. The lowest BCUT2D eigenvalue weighted by molar-refractivity contribution is -0.132. The van der Waals surface area contributed by atoms with Gasteiger partial charge in [0.05, 0.1) is 0 Å². The zero-order valence-electron chi connectivity index (χ0n) is 11.8. The van der Waals surface area contributed by atoms with Gasteiger partial charge in [0.2, 0.25) is 5.91 Å². The van der Waals surface area contributed by atoms with Crippen molar-refractivity contribution in [3.05, 3.63) is 29.8 Å². The molecule has 0 aromatic heterocycles. The number of nitrogens with zero attached hydrogens (tertiary/aromatic N) is 1. The van der Waals surface area contributed by atoms with E-state index in [2.05, 4.69) is 11.2 Å². The van der Waals surface area contributed by atoms with Gasteiger partial charge >= 0.3 is 0 Å². The molecule has 1 aromatic rings. The molecule has 0 saturated carbocycles. The minimum absolute atomic E-state index is 0.223. The molecule has 1 heterocycles. The molecule has 1 atom stereocenters. The van der Waals surface area contributed by atoms with Gasteiger partial charge in [-0.1, -0.05) is 24.1 Å². The monoisotopic (exact) mass is 272 g/mol. The number of terminal acetylenes is 1. The summed E-state index contributed by atoms with van der Waals surface area (Å²) in [6.07, 6.45) is 6.72. The molecule has 4 nitrogen and oxygen atoms in total. The van der Waals surface area contributed by atoms with Crippen LogP contribution in [0.2, 0.25) is 0 Å². The van der Waals surface area contributed by atoms with Crippen molar-refractivity contribution in [1.82, 2.24) is 10.2 Å². The zero-order chi connectivity index (χ0) is 14.4. The smallest absolute Gasteiger partial charge is 0.222 e. The quantitative estimate of drug-likeness (QED) is 0.824. The largest absolute Gasteiger partial charge is 0.481 e. The maximum absolute atomic E-state index is 11.4. The van der Waals surface area contributed by atoms with Crippen molar-refractivity contribution in [2.24, 2.45) is 0 Å². The molecule has 0 bridgehead atoms. The van der Waals surface area contributed by atoms with Gasteiger partial charge in [0.15, 0.2) is 0 Å². The van der Waals surface area contributed by atoms with Gasteiger partial charge in [-0.3, -0.25) is 4.79 Å². The molecule has 1 aliphatic heterocycles. The molecular formula is C16H20N2O2. The molecule has 1 fully saturated rings. The Balaban J connectivity index is 1.91. The van der Waals surface area contributed by atoms with Crippen LogP contribution in [0.5, 0.6) is 5.75 Å². The third-order valence-corrected chi connectivity index (χ3v) is 3.49. The van der Waals surface area contributed by atoms with Crippen LogP contribution < -0.4 is 10.1 Å². The number of rotatable bonds is 5. The molecule has 1 saturated heterocycles. The van der Waals surface area contributed by atoms with Crippen molar-refractivity contribution in [2.45, 2.75) is 25.4 Å². The Morgan fingerprint density at radius 3 is 3.05 bits per heavy atom. The number of benzene rings is 1. The number of amides is 1. The minimum Gasteiger partial charge on any atom is -0.481 e. The first kappa shape index (κ1) is 14.4. The number of ether oxygens (including phenoxy) is 1. The van der Waals surface area contributed by atoms with E-state index in [0.717, 1.165) is 24.3 Å². The summed E-state index contributed by atoms with van der Waals surface area (Å²) in [6, 6.07) is 8.19. The Morgan fingerprint density at radius 2 is 2.30 bits per heavy atom. The van der Waals surface area contributed by atoms with Gasteiger partial charge in [0.1, 0.15) is 12.4 Å². The van der Waals surface area contributed by atoms with Crippen LogP contribution in [-0.4, -0.2) is 37.0 Å². The maximum Gasteiger partial charge on any atom is 0.222 e.